The van der Waals surface area contributed by atoms with Gasteiger partial charge in [0.05, 0.1) is 0 Å². The monoisotopic (exact) mass is 995 g/mol. The van der Waals surface area contributed by atoms with E-state index >= 15 is 0 Å². The van der Waals surface area contributed by atoms with Gasteiger partial charge in [-0.05, 0) is 96.3 Å². The lowest BCUT2D eigenvalue weighted by molar-refractivity contribution is -0.167. The molecule has 0 amide bonds. The van der Waals surface area contributed by atoms with E-state index in [0.717, 1.165) is 57.8 Å². The molecule has 0 aliphatic carbocycles. The molecule has 1 atom stereocenters. The highest BCUT2D eigenvalue weighted by Gasteiger charge is 2.19. The zero-order chi connectivity index (χ0) is 51.4. The molecular weight excluding hydrogens is 877 g/mol. The highest BCUT2D eigenvalue weighted by Crippen LogP contribution is 2.16. The first-order valence-electron chi connectivity index (χ1n) is 31.2. The van der Waals surface area contributed by atoms with Gasteiger partial charge >= 0.3 is 17.9 Å². The van der Waals surface area contributed by atoms with Crippen molar-refractivity contribution in [1.29, 1.82) is 0 Å². The molecule has 71 heavy (non-hydrogen) atoms. The van der Waals surface area contributed by atoms with Crippen LogP contribution in [0, 0.1) is 0 Å². The summed E-state index contributed by atoms with van der Waals surface area (Å²) in [6.45, 7) is 6.64. The largest absolute Gasteiger partial charge is 0.462 e. The first-order chi connectivity index (χ1) is 35.0. The number of allylic oxidation sites excluding steroid dienone is 8. The normalized spacial score (nSPS) is 12.3. The summed E-state index contributed by atoms with van der Waals surface area (Å²) in [5.74, 6) is -0.870. The SMILES string of the molecule is CCCCC/C=C\C=C/CCCCCCCCCCCCC(=O)OCC(COC(=O)CCCCCCCCC/C=C\CCCCCCCC)OC(=O)CCCCCCCCC/C=C\CCCCCCCC. The molecule has 0 aliphatic heterocycles. The molecule has 0 fully saturated rings. The van der Waals surface area contributed by atoms with Gasteiger partial charge in [-0.25, -0.2) is 0 Å². The second-order valence-electron chi connectivity index (χ2n) is 21.0. The van der Waals surface area contributed by atoms with E-state index < -0.39 is 6.10 Å². The lowest BCUT2D eigenvalue weighted by Gasteiger charge is -2.18. The summed E-state index contributed by atoms with van der Waals surface area (Å²) in [5, 5.41) is 0. The van der Waals surface area contributed by atoms with Gasteiger partial charge in [-0.1, -0.05) is 262 Å². The van der Waals surface area contributed by atoms with Crippen LogP contribution in [-0.2, 0) is 28.6 Å². The maximum atomic E-state index is 12.9. The number of unbranched alkanes of at least 4 members (excludes halogenated alkanes) is 39. The van der Waals surface area contributed by atoms with E-state index in [1.54, 1.807) is 0 Å². The van der Waals surface area contributed by atoms with E-state index in [9.17, 15) is 14.4 Å². The number of hydrogen-bond acceptors (Lipinski definition) is 6. The molecule has 414 valence electrons. The Morgan fingerprint density at radius 3 is 0.817 bits per heavy atom. The molecule has 0 aromatic heterocycles. The van der Waals surface area contributed by atoms with Gasteiger partial charge in [-0.3, -0.25) is 14.4 Å². The predicted octanol–water partition coefficient (Wildman–Crippen LogP) is 21.0. The van der Waals surface area contributed by atoms with Crippen molar-refractivity contribution >= 4 is 17.9 Å². The summed E-state index contributed by atoms with van der Waals surface area (Å²) in [6, 6.07) is 0. The topological polar surface area (TPSA) is 78.9 Å². The van der Waals surface area contributed by atoms with Crippen LogP contribution in [0.4, 0.5) is 0 Å². The van der Waals surface area contributed by atoms with Crippen LogP contribution in [0.2, 0.25) is 0 Å². The Kier molecular flexibility index (Phi) is 57.7. The first-order valence-corrected chi connectivity index (χ1v) is 31.2. The summed E-state index contributed by atoms with van der Waals surface area (Å²) in [6.07, 6.45) is 73.9. The van der Waals surface area contributed by atoms with E-state index in [0.29, 0.717) is 19.3 Å². The molecule has 0 saturated heterocycles. The van der Waals surface area contributed by atoms with Gasteiger partial charge in [0.1, 0.15) is 13.2 Å². The van der Waals surface area contributed by atoms with Crippen LogP contribution >= 0.6 is 0 Å². The quantitative estimate of drug-likeness (QED) is 0.0199. The summed E-state index contributed by atoms with van der Waals surface area (Å²) in [5.41, 5.74) is 0. The summed E-state index contributed by atoms with van der Waals surface area (Å²) in [4.78, 5) is 38.3. The standard InChI is InChI=1S/C65H118O6/c1-4-7-10-13-16-19-22-25-28-31-32-35-37-40-43-46-49-52-55-58-64(67)70-61-62(71-65(68)59-56-53-50-47-44-41-38-34-30-27-24-21-18-15-12-9-6-3)60-69-63(66)57-54-51-48-45-42-39-36-33-29-26-23-20-17-14-11-8-5-2/h16,19,22,25-27,29-30,62H,4-15,17-18,20-21,23-24,28,31-61H2,1-3H3/b19-16-,25-22-,29-26-,30-27-. The Morgan fingerprint density at radius 1 is 0.282 bits per heavy atom. The third kappa shape index (κ3) is 58.1. The maximum absolute atomic E-state index is 12.9. The molecule has 0 aromatic carbocycles. The molecule has 0 aromatic rings. The first kappa shape index (κ1) is 68.4. The third-order valence-corrected chi connectivity index (χ3v) is 13.8. The van der Waals surface area contributed by atoms with Crippen molar-refractivity contribution in [3.05, 3.63) is 48.6 Å². The highest BCUT2D eigenvalue weighted by molar-refractivity contribution is 5.71. The van der Waals surface area contributed by atoms with Gasteiger partial charge < -0.3 is 14.2 Å². The Morgan fingerprint density at radius 2 is 0.507 bits per heavy atom. The zero-order valence-electron chi connectivity index (χ0n) is 47.5. The fourth-order valence-corrected chi connectivity index (χ4v) is 9.07. The lowest BCUT2D eigenvalue weighted by atomic mass is 10.1. The molecular formula is C65H118O6. The molecule has 0 bridgehead atoms. The molecule has 0 saturated carbocycles. The summed E-state index contributed by atoms with van der Waals surface area (Å²) < 4.78 is 16.9. The number of carbonyl (C=O) groups excluding carboxylic acids is 3. The second kappa shape index (κ2) is 59.9. The van der Waals surface area contributed by atoms with Crippen LogP contribution in [0.1, 0.15) is 329 Å². The Bertz CT molecular complexity index is 1230. The molecule has 6 heteroatoms. The number of esters is 3. The van der Waals surface area contributed by atoms with Crippen molar-refractivity contribution in [2.75, 3.05) is 13.2 Å². The Hall–Kier alpha value is -2.63. The maximum Gasteiger partial charge on any atom is 0.306 e. The van der Waals surface area contributed by atoms with E-state index in [-0.39, 0.29) is 31.1 Å². The smallest absolute Gasteiger partial charge is 0.306 e. The van der Waals surface area contributed by atoms with Gasteiger partial charge in [0.15, 0.2) is 6.10 Å². The van der Waals surface area contributed by atoms with Gasteiger partial charge in [0.2, 0.25) is 0 Å². The van der Waals surface area contributed by atoms with Gasteiger partial charge in [-0.2, -0.15) is 0 Å². The fraction of sp³-hybridized carbons (Fsp3) is 0.831. The van der Waals surface area contributed by atoms with Crippen molar-refractivity contribution in [3.63, 3.8) is 0 Å². The van der Waals surface area contributed by atoms with E-state index in [2.05, 4.69) is 69.4 Å². The van der Waals surface area contributed by atoms with E-state index in [4.69, 9.17) is 14.2 Å². The third-order valence-electron chi connectivity index (χ3n) is 13.8. The zero-order valence-corrected chi connectivity index (χ0v) is 47.5. The van der Waals surface area contributed by atoms with Crippen molar-refractivity contribution in [2.45, 2.75) is 335 Å². The molecule has 0 spiro atoms. The van der Waals surface area contributed by atoms with Crippen LogP contribution in [0.3, 0.4) is 0 Å². The van der Waals surface area contributed by atoms with Crippen LogP contribution in [-0.4, -0.2) is 37.2 Å². The number of hydrogen-bond donors (Lipinski definition) is 0. The van der Waals surface area contributed by atoms with Crippen molar-refractivity contribution in [1.82, 2.24) is 0 Å². The van der Waals surface area contributed by atoms with Crippen molar-refractivity contribution in [3.8, 4) is 0 Å². The van der Waals surface area contributed by atoms with E-state index in [1.807, 2.05) is 0 Å². The minimum atomic E-state index is -0.778. The molecule has 0 aliphatic rings. The molecule has 0 heterocycles. The highest BCUT2D eigenvalue weighted by atomic mass is 16.6. The minimum Gasteiger partial charge on any atom is -0.462 e. The molecule has 0 radical (unpaired) electrons. The minimum absolute atomic E-state index is 0.0759. The van der Waals surface area contributed by atoms with Gasteiger partial charge in [0, 0.05) is 19.3 Å². The molecule has 1 unspecified atom stereocenters. The number of ether oxygens (including phenoxy) is 3. The number of rotatable bonds is 57. The lowest BCUT2D eigenvalue weighted by Crippen LogP contribution is -2.30. The van der Waals surface area contributed by atoms with Gasteiger partial charge in [-0.15, -0.1) is 0 Å². The van der Waals surface area contributed by atoms with Crippen LogP contribution < -0.4 is 0 Å². The average molecular weight is 996 g/mol. The fourth-order valence-electron chi connectivity index (χ4n) is 9.07. The van der Waals surface area contributed by atoms with E-state index in [1.165, 1.54) is 231 Å². The summed E-state index contributed by atoms with van der Waals surface area (Å²) in [7, 11) is 0. The molecule has 0 rings (SSSR count). The predicted molar refractivity (Wildman–Crippen MR) is 307 cm³/mol. The molecule has 0 N–H and O–H groups in total. The van der Waals surface area contributed by atoms with Crippen molar-refractivity contribution < 1.29 is 28.6 Å². The Labute approximate surface area is 441 Å². The summed E-state index contributed by atoms with van der Waals surface area (Å²) >= 11 is 0. The van der Waals surface area contributed by atoms with Crippen LogP contribution in [0.15, 0.2) is 48.6 Å². The van der Waals surface area contributed by atoms with Crippen LogP contribution in [0.5, 0.6) is 0 Å². The second-order valence-corrected chi connectivity index (χ2v) is 21.0. The number of carbonyl (C=O) groups is 3. The van der Waals surface area contributed by atoms with Crippen LogP contribution in [0.25, 0.3) is 0 Å². The average Bonchev–Trinajstić information content (AvgIpc) is 3.37. The van der Waals surface area contributed by atoms with Crippen molar-refractivity contribution in [2.24, 2.45) is 0 Å². The van der Waals surface area contributed by atoms with Gasteiger partial charge in [0.25, 0.3) is 0 Å². The Balaban J connectivity index is 4.36. The molecule has 6 nitrogen and oxygen atoms in total.